The Morgan fingerprint density at radius 3 is 2.71 bits per heavy atom. The van der Waals surface area contributed by atoms with Gasteiger partial charge in [0.2, 0.25) is 0 Å². The van der Waals surface area contributed by atoms with Gasteiger partial charge in [-0.15, -0.1) is 0 Å². The van der Waals surface area contributed by atoms with Gasteiger partial charge >= 0.3 is 0 Å². The smallest absolute Gasteiger partial charge is 0.159 e. The van der Waals surface area contributed by atoms with Gasteiger partial charge in [-0.3, -0.25) is 0 Å². The topological polar surface area (TPSA) is 47.0 Å². The highest BCUT2D eigenvalue weighted by molar-refractivity contribution is 5.34. The minimum Gasteiger partial charge on any atom is -0.373 e. The van der Waals surface area contributed by atoms with Gasteiger partial charge in [0, 0.05) is 25.9 Å². The van der Waals surface area contributed by atoms with Crippen LogP contribution in [0.2, 0.25) is 0 Å². The Labute approximate surface area is 84.7 Å². The van der Waals surface area contributed by atoms with Crippen LogP contribution in [0.5, 0.6) is 0 Å². The summed E-state index contributed by atoms with van der Waals surface area (Å²) < 4.78 is 5.29. The number of anilines is 1. The first-order valence-corrected chi connectivity index (χ1v) is 4.77. The summed E-state index contributed by atoms with van der Waals surface area (Å²) in [5.74, 6) is 1.59. The second-order valence-electron chi connectivity index (χ2n) is 3.14. The molecule has 1 aromatic heterocycles. The molecule has 0 radical (unpaired) electrons. The number of hydrogen-bond acceptors (Lipinski definition) is 4. The molecule has 78 valence electrons. The second kappa shape index (κ2) is 4.91. The number of hydrogen-bond donors (Lipinski definition) is 1. The van der Waals surface area contributed by atoms with Crippen molar-refractivity contribution < 1.29 is 4.74 Å². The molecule has 0 saturated heterocycles. The van der Waals surface area contributed by atoms with E-state index >= 15 is 0 Å². The molecular formula is C10H17N3O. The molecule has 4 nitrogen and oxygen atoms in total. The summed E-state index contributed by atoms with van der Waals surface area (Å²) in [6, 6.07) is 1.91. The average molecular weight is 195 g/mol. The zero-order chi connectivity index (χ0) is 10.6. The van der Waals surface area contributed by atoms with Crippen LogP contribution in [0.3, 0.4) is 0 Å². The lowest BCUT2D eigenvalue weighted by Crippen LogP contribution is -2.08. The predicted molar refractivity (Wildman–Crippen MR) is 56.4 cm³/mol. The summed E-state index contributed by atoms with van der Waals surface area (Å²) >= 11 is 0. The molecule has 0 saturated carbocycles. The molecule has 1 heterocycles. The molecule has 0 aromatic carbocycles. The van der Waals surface area contributed by atoms with Gasteiger partial charge in [0.15, 0.2) is 5.82 Å². The first kappa shape index (κ1) is 10.9. The minimum absolute atomic E-state index is 0.0120. The minimum atomic E-state index is -0.0120. The van der Waals surface area contributed by atoms with E-state index in [1.165, 1.54) is 0 Å². The van der Waals surface area contributed by atoms with E-state index < -0.39 is 0 Å². The first-order chi connectivity index (χ1) is 6.71. The first-order valence-electron chi connectivity index (χ1n) is 4.77. The Hall–Kier alpha value is -1.16. The third kappa shape index (κ3) is 2.42. The van der Waals surface area contributed by atoms with Crippen molar-refractivity contribution in [2.24, 2.45) is 0 Å². The Balaban J connectivity index is 3.01. The highest BCUT2D eigenvalue weighted by Crippen LogP contribution is 2.18. The summed E-state index contributed by atoms with van der Waals surface area (Å²) in [4.78, 5) is 8.69. The van der Waals surface area contributed by atoms with E-state index in [-0.39, 0.29) is 6.10 Å². The molecule has 1 unspecified atom stereocenters. The number of ether oxygens (including phenoxy) is 1. The number of nitrogens with zero attached hydrogens (tertiary/aromatic N) is 2. The fourth-order valence-electron chi connectivity index (χ4n) is 1.32. The number of nitrogens with one attached hydrogen (secondary N) is 1. The summed E-state index contributed by atoms with van der Waals surface area (Å²) in [7, 11) is 3.53. The molecule has 0 aliphatic heterocycles. The largest absolute Gasteiger partial charge is 0.373 e. The third-order valence-electron chi connectivity index (χ3n) is 2.07. The normalized spacial score (nSPS) is 12.6. The number of aromatic nitrogens is 2. The molecule has 1 N–H and O–H groups in total. The van der Waals surface area contributed by atoms with Crippen LogP contribution in [-0.2, 0) is 4.74 Å². The Bertz CT molecular complexity index is 297. The van der Waals surface area contributed by atoms with Gasteiger partial charge in [0.25, 0.3) is 0 Å². The van der Waals surface area contributed by atoms with Gasteiger partial charge in [-0.1, -0.05) is 6.92 Å². The molecule has 1 rings (SSSR count). The van der Waals surface area contributed by atoms with Gasteiger partial charge in [-0.25, -0.2) is 9.97 Å². The maximum Gasteiger partial charge on any atom is 0.159 e. The fraction of sp³-hybridized carbons (Fsp3) is 0.600. The highest BCUT2D eigenvalue weighted by atomic mass is 16.5. The van der Waals surface area contributed by atoms with Crippen LogP contribution in [0.1, 0.15) is 31.0 Å². The maximum atomic E-state index is 5.29. The van der Waals surface area contributed by atoms with E-state index in [0.29, 0.717) is 0 Å². The molecule has 0 amide bonds. The zero-order valence-electron chi connectivity index (χ0n) is 9.16. The van der Waals surface area contributed by atoms with Crippen molar-refractivity contribution in [2.75, 3.05) is 19.5 Å². The lowest BCUT2D eigenvalue weighted by molar-refractivity contribution is 0.0925. The van der Waals surface area contributed by atoms with Crippen LogP contribution in [-0.4, -0.2) is 24.1 Å². The van der Waals surface area contributed by atoms with Crippen LogP contribution in [0.15, 0.2) is 6.07 Å². The van der Waals surface area contributed by atoms with Crippen LogP contribution >= 0.6 is 0 Å². The van der Waals surface area contributed by atoms with Crippen LogP contribution in [0.25, 0.3) is 0 Å². The van der Waals surface area contributed by atoms with Crippen molar-refractivity contribution in [2.45, 2.75) is 26.4 Å². The molecule has 14 heavy (non-hydrogen) atoms. The monoisotopic (exact) mass is 195 g/mol. The second-order valence-corrected chi connectivity index (χ2v) is 3.14. The van der Waals surface area contributed by atoms with Gasteiger partial charge in [0.1, 0.15) is 11.9 Å². The SMILES string of the molecule is CCC(OC)c1nc(C)cc(NC)n1. The summed E-state index contributed by atoms with van der Waals surface area (Å²) in [6.07, 6.45) is 0.866. The highest BCUT2D eigenvalue weighted by Gasteiger charge is 2.12. The Morgan fingerprint density at radius 1 is 1.50 bits per heavy atom. The Kier molecular flexibility index (Phi) is 3.83. The van der Waals surface area contributed by atoms with E-state index in [1.807, 2.05) is 20.0 Å². The predicted octanol–water partition coefficient (Wildman–Crippen LogP) is 1.92. The molecule has 0 spiro atoms. The molecular weight excluding hydrogens is 178 g/mol. The molecule has 4 heteroatoms. The van der Waals surface area contributed by atoms with Crippen LogP contribution in [0.4, 0.5) is 5.82 Å². The fourth-order valence-corrected chi connectivity index (χ4v) is 1.32. The molecule has 1 atom stereocenters. The van der Waals surface area contributed by atoms with Crippen LogP contribution < -0.4 is 5.32 Å². The van der Waals surface area contributed by atoms with Crippen molar-refractivity contribution >= 4 is 5.82 Å². The molecule has 0 bridgehead atoms. The summed E-state index contributed by atoms with van der Waals surface area (Å²) in [6.45, 7) is 4.01. The standard InChI is InChI=1S/C10H17N3O/c1-5-8(14-4)10-12-7(2)6-9(11-3)13-10/h6,8H,5H2,1-4H3,(H,11,12,13). The van der Waals surface area contributed by atoms with Crippen molar-refractivity contribution in [3.8, 4) is 0 Å². The van der Waals surface area contributed by atoms with E-state index in [1.54, 1.807) is 7.11 Å². The third-order valence-corrected chi connectivity index (χ3v) is 2.07. The van der Waals surface area contributed by atoms with E-state index in [0.717, 1.165) is 23.8 Å². The quantitative estimate of drug-likeness (QED) is 0.797. The van der Waals surface area contributed by atoms with E-state index in [9.17, 15) is 0 Å². The van der Waals surface area contributed by atoms with Crippen molar-refractivity contribution in [3.05, 3.63) is 17.6 Å². The van der Waals surface area contributed by atoms with Crippen molar-refractivity contribution in [3.63, 3.8) is 0 Å². The van der Waals surface area contributed by atoms with Gasteiger partial charge in [-0.2, -0.15) is 0 Å². The van der Waals surface area contributed by atoms with E-state index in [4.69, 9.17) is 4.74 Å². The van der Waals surface area contributed by atoms with Gasteiger partial charge < -0.3 is 10.1 Å². The van der Waals surface area contributed by atoms with Crippen molar-refractivity contribution in [1.82, 2.24) is 9.97 Å². The average Bonchev–Trinajstić information content (AvgIpc) is 2.19. The molecule has 1 aromatic rings. The number of methoxy groups -OCH3 is 1. The zero-order valence-corrected chi connectivity index (χ0v) is 9.16. The Morgan fingerprint density at radius 2 is 2.21 bits per heavy atom. The van der Waals surface area contributed by atoms with Crippen LogP contribution in [0, 0.1) is 6.92 Å². The number of rotatable bonds is 4. The molecule has 0 fully saturated rings. The van der Waals surface area contributed by atoms with Crippen molar-refractivity contribution in [1.29, 1.82) is 0 Å². The lowest BCUT2D eigenvalue weighted by Gasteiger charge is -2.13. The number of aryl methyl sites for hydroxylation is 1. The van der Waals surface area contributed by atoms with Gasteiger partial charge in [-0.05, 0) is 13.3 Å². The maximum absolute atomic E-state index is 5.29. The van der Waals surface area contributed by atoms with E-state index in [2.05, 4.69) is 22.2 Å². The van der Waals surface area contributed by atoms with Gasteiger partial charge in [0.05, 0.1) is 0 Å². The molecule has 0 aliphatic rings. The lowest BCUT2D eigenvalue weighted by atomic mass is 10.2. The summed E-state index contributed by atoms with van der Waals surface area (Å²) in [5.41, 5.74) is 0.954. The summed E-state index contributed by atoms with van der Waals surface area (Å²) in [5, 5.41) is 3.00. The molecule has 0 aliphatic carbocycles.